The van der Waals surface area contributed by atoms with Gasteiger partial charge in [0.15, 0.2) is 5.82 Å². The highest BCUT2D eigenvalue weighted by Crippen LogP contribution is 2.38. The van der Waals surface area contributed by atoms with Crippen molar-refractivity contribution in [1.29, 1.82) is 0 Å². The first-order valence-corrected chi connectivity index (χ1v) is 9.85. The summed E-state index contributed by atoms with van der Waals surface area (Å²) in [6.45, 7) is 2.72. The van der Waals surface area contributed by atoms with Gasteiger partial charge in [-0.1, -0.05) is 41.0 Å². The summed E-state index contributed by atoms with van der Waals surface area (Å²) in [4.78, 5) is 12.1. The van der Waals surface area contributed by atoms with Crippen LogP contribution in [0, 0.1) is 5.92 Å². The van der Waals surface area contributed by atoms with Gasteiger partial charge in [-0.05, 0) is 43.9 Å². The van der Waals surface area contributed by atoms with Gasteiger partial charge in [0.1, 0.15) is 10.8 Å². The highest BCUT2D eigenvalue weighted by molar-refractivity contribution is 7.99. The first-order chi connectivity index (χ1) is 12.1. The third-order valence-corrected chi connectivity index (χ3v) is 6.30. The second-order valence-electron chi connectivity index (χ2n) is 6.10. The number of rotatable bonds is 6. The first kappa shape index (κ1) is 18.6. The standard InChI is InChI=1S/C17H21Cl2N5S/c18-12-4-1-5-13(15(12)19)25-17-16(21)23-14(9-22-17)24-8-6-11(10-24)3-2-7-20/h1,4-5,9,11H,2-3,6-8,10,20H2,(H2,21,23). The Bertz CT molecular complexity index is 743. The Morgan fingerprint density at radius 2 is 2.16 bits per heavy atom. The van der Waals surface area contributed by atoms with Crippen LogP contribution in [-0.2, 0) is 0 Å². The molecule has 134 valence electrons. The average Bonchev–Trinajstić information content (AvgIpc) is 3.07. The topological polar surface area (TPSA) is 81.1 Å². The summed E-state index contributed by atoms with van der Waals surface area (Å²) in [5.41, 5.74) is 11.7. The Morgan fingerprint density at radius 1 is 1.32 bits per heavy atom. The molecule has 1 aromatic carbocycles. The van der Waals surface area contributed by atoms with Gasteiger partial charge in [-0.25, -0.2) is 9.97 Å². The third-order valence-electron chi connectivity index (χ3n) is 4.30. The van der Waals surface area contributed by atoms with Gasteiger partial charge in [-0.15, -0.1) is 0 Å². The van der Waals surface area contributed by atoms with Crippen LogP contribution in [0.2, 0.25) is 10.0 Å². The largest absolute Gasteiger partial charge is 0.381 e. The van der Waals surface area contributed by atoms with Gasteiger partial charge >= 0.3 is 0 Å². The van der Waals surface area contributed by atoms with Crippen LogP contribution in [0.25, 0.3) is 0 Å². The smallest absolute Gasteiger partial charge is 0.158 e. The minimum Gasteiger partial charge on any atom is -0.381 e. The number of nitrogens with two attached hydrogens (primary N) is 2. The highest BCUT2D eigenvalue weighted by Gasteiger charge is 2.24. The second-order valence-corrected chi connectivity index (χ2v) is 7.92. The monoisotopic (exact) mass is 397 g/mol. The molecule has 0 bridgehead atoms. The van der Waals surface area contributed by atoms with Crippen molar-refractivity contribution < 1.29 is 0 Å². The molecule has 0 spiro atoms. The zero-order valence-corrected chi connectivity index (χ0v) is 16.1. The van der Waals surface area contributed by atoms with Gasteiger partial charge in [-0.3, -0.25) is 0 Å². The van der Waals surface area contributed by atoms with Crippen molar-refractivity contribution in [3.63, 3.8) is 0 Å². The van der Waals surface area contributed by atoms with Gasteiger partial charge in [0, 0.05) is 18.0 Å². The Labute approximate surface area is 162 Å². The molecule has 1 aromatic heterocycles. The van der Waals surface area contributed by atoms with Gasteiger partial charge in [0.2, 0.25) is 0 Å². The third kappa shape index (κ3) is 4.50. The van der Waals surface area contributed by atoms with Crippen LogP contribution in [0.3, 0.4) is 0 Å². The predicted octanol–water partition coefficient (Wildman–Crippen LogP) is 4.08. The number of halogens is 2. The fraction of sp³-hybridized carbons (Fsp3) is 0.412. The second kappa shape index (κ2) is 8.45. The minimum absolute atomic E-state index is 0.406. The van der Waals surface area contributed by atoms with Crippen LogP contribution in [-0.4, -0.2) is 29.6 Å². The molecule has 0 saturated carbocycles. The molecule has 2 aromatic rings. The van der Waals surface area contributed by atoms with Crippen LogP contribution in [0.15, 0.2) is 34.3 Å². The van der Waals surface area contributed by atoms with E-state index in [-0.39, 0.29) is 0 Å². The molecule has 3 rings (SSSR count). The molecule has 2 heterocycles. The van der Waals surface area contributed by atoms with Crippen LogP contribution in [0.4, 0.5) is 11.6 Å². The summed E-state index contributed by atoms with van der Waals surface area (Å²) >= 11 is 13.7. The maximum absolute atomic E-state index is 6.23. The maximum Gasteiger partial charge on any atom is 0.158 e. The summed E-state index contributed by atoms with van der Waals surface area (Å²) in [5.74, 6) is 1.91. The lowest BCUT2D eigenvalue weighted by molar-refractivity contribution is 0.518. The summed E-state index contributed by atoms with van der Waals surface area (Å²) in [6.07, 6.45) is 5.18. The van der Waals surface area contributed by atoms with E-state index in [0.717, 1.165) is 49.6 Å². The molecule has 0 radical (unpaired) electrons. The fourth-order valence-corrected chi connectivity index (χ4v) is 4.25. The number of aromatic nitrogens is 2. The van der Waals surface area contributed by atoms with Crippen molar-refractivity contribution >= 4 is 46.6 Å². The quantitative estimate of drug-likeness (QED) is 0.763. The molecular formula is C17H21Cl2N5S. The van der Waals surface area contributed by atoms with E-state index >= 15 is 0 Å². The molecule has 1 aliphatic heterocycles. The molecule has 1 saturated heterocycles. The molecule has 5 nitrogen and oxygen atoms in total. The lowest BCUT2D eigenvalue weighted by atomic mass is 10.0. The van der Waals surface area contributed by atoms with Crippen LogP contribution in [0.5, 0.6) is 0 Å². The Balaban J connectivity index is 1.70. The fourth-order valence-electron chi connectivity index (χ4n) is 2.96. The van der Waals surface area contributed by atoms with E-state index in [1.54, 1.807) is 12.3 Å². The average molecular weight is 398 g/mol. The van der Waals surface area contributed by atoms with Crippen LogP contribution >= 0.6 is 35.0 Å². The summed E-state index contributed by atoms with van der Waals surface area (Å²) in [5, 5.41) is 1.64. The van der Waals surface area contributed by atoms with Crippen molar-refractivity contribution in [2.45, 2.75) is 29.2 Å². The van der Waals surface area contributed by atoms with Crippen LogP contribution < -0.4 is 16.4 Å². The molecule has 1 unspecified atom stereocenters. The zero-order valence-electron chi connectivity index (χ0n) is 13.8. The normalized spacial score (nSPS) is 17.2. The van der Waals surface area contributed by atoms with E-state index in [0.29, 0.717) is 26.8 Å². The first-order valence-electron chi connectivity index (χ1n) is 8.28. The number of hydrogen-bond acceptors (Lipinski definition) is 6. The van der Waals surface area contributed by atoms with Crippen LogP contribution in [0.1, 0.15) is 19.3 Å². The van der Waals surface area contributed by atoms with Crippen molar-refractivity contribution in [2.75, 3.05) is 30.3 Å². The Hall–Kier alpha value is -1.21. The number of nitrogens with zero attached hydrogens (tertiary/aromatic N) is 3. The van der Waals surface area contributed by atoms with E-state index in [4.69, 9.17) is 34.7 Å². The summed E-state index contributed by atoms with van der Waals surface area (Å²) < 4.78 is 0. The van der Waals surface area contributed by atoms with E-state index in [1.165, 1.54) is 11.8 Å². The summed E-state index contributed by atoms with van der Waals surface area (Å²) in [6, 6.07) is 5.48. The Kier molecular flexibility index (Phi) is 6.28. The van der Waals surface area contributed by atoms with Crippen molar-refractivity contribution in [3.05, 3.63) is 34.4 Å². The number of nitrogen functional groups attached to an aromatic ring is 1. The zero-order chi connectivity index (χ0) is 17.8. The van der Waals surface area contributed by atoms with Gasteiger partial charge in [0.05, 0.1) is 16.2 Å². The lowest BCUT2D eigenvalue weighted by Crippen LogP contribution is -2.21. The molecule has 0 amide bonds. The van der Waals surface area contributed by atoms with Crippen molar-refractivity contribution in [1.82, 2.24) is 9.97 Å². The van der Waals surface area contributed by atoms with Crippen molar-refractivity contribution in [2.24, 2.45) is 11.7 Å². The molecule has 0 aliphatic carbocycles. The molecule has 1 fully saturated rings. The van der Waals surface area contributed by atoms with Crippen molar-refractivity contribution in [3.8, 4) is 0 Å². The number of anilines is 2. The number of hydrogen-bond donors (Lipinski definition) is 2. The SMILES string of the molecule is NCCCC1CCN(c2cnc(Sc3cccc(Cl)c3Cl)c(N)n2)C1. The summed E-state index contributed by atoms with van der Waals surface area (Å²) in [7, 11) is 0. The highest BCUT2D eigenvalue weighted by atomic mass is 35.5. The van der Waals surface area contributed by atoms with Gasteiger partial charge in [0.25, 0.3) is 0 Å². The van der Waals surface area contributed by atoms with E-state index in [1.807, 2.05) is 12.1 Å². The lowest BCUT2D eigenvalue weighted by Gasteiger charge is -2.18. The van der Waals surface area contributed by atoms with E-state index in [9.17, 15) is 0 Å². The maximum atomic E-state index is 6.23. The van der Waals surface area contributed by atoms with Gasteiger partial charge in [-0.2, -0.15) is 0 Å². The minimum atomic E-state index is 0.406. The molecular weight excluding hydrogens is 377 g/mol. The molecule has 4 N–H and O–H groups in total. The molecule has 25 heavy (non-hydrogen) atoms. The Morgan fingerprint density at radius 3 is 2.92 bits per heavy atom. The molecule has 8 heteroatoms. The molecule has 1 atom stereocenters. The van der Waals surface area contributed by atoms with E-state index < -0.39 is 0 Å². The van der Waals surface area contributed by atoms with Gasteiger partial charge < -0.3 is 16.4 Å². The molecule has 1 aliphatic rings. The van der Waals surface area contributed by atoms with E-state index in [2.05, 4.69) is 14.9 Å². The number of benzene rings is 1. The predicted molar refractivity (Wildman–Crippen MR) is 106 cm³/mol.